The maximum Gasteiger partial charge on any atom is 0.281 e. The molecule has 0 radical (unpaired) electrons. The van der Waals surface area contributed by atoms with Crippen molar-refractivity contribution in [1.29, 1.82) is 0 Å². The molecule has 0 spiro atoms. The third-order valence-corrected chi connectivity index (χ3v) is 3.47. The number of aryl methyl sites for hydroxylation is 1. The van der Waals surface area contributed by atoms with E-state index in [9.17, 15) is 4.79 Å². The zero-order chi connectivity index (χ0) is 14.8. The highest BCUT2D eigenvalue weighted by Crippen LogP contribution is 2.10. The average molecular weight is 295 g/mol. The smallest absolute Gasteiger partial charge is 0.281 e. The summed E-state index contributed by atoms with van der Waals surface area (Å²) in [7, 11) is 0. The molecule has 1 aromatic heterocycles. The summed E-state index contributed by atoms with van der Waals surface area (Å²) in [6.45, 7) is 2.01. The molecule has 0 saturated heterocycles. The number of thiocarbonyl (C=S) groups is 1. The summed E-state index contributed by atoms with van der Waals surface area (Å²) in [5.74, 6) is 0. The van der Waals surface area contributed by atoms with Crippen LogP contribution in [0.2, 0.25) is 0 Å². The number of nitrogens with one attached hydrogen (secondary N) is 1. The van der Waals surface area contributed by atoms with Gasteiger partial charge >= 0.3 is 0 Å². The fraction of sp³-hybridized carbons (Fsp3) is 0.0625. The first-order valence-corrected chi connectivity index (χ1v) is 6.91. The lowest BCUT2D eigenvalue weighted by Crippen LogP contribution is -2.32. The van der Waals surface area contributed by atoms with Crippen molar-refractivity contribution in [3.05, 3.63) is 70.6 Å². The molecule has 0 atom stereocenters. The molecule has 21 heavy (non-hydrogen) atoms. The van der Waals surface area contributed by atoms with E-state index in [1.54, 1.807) is 12.3 Å². The molecule has 1 N–H and O–H groups in total. The Kier molecular flexibility index (Phi) is 3.50. The third kappa shape index (κ3) is 2.68. The number of anilines is 1. The molecule has 0 aliphatic carbocycles. The molecule has 0 bridgehead atoms. The van der Waals surface area contributed by atoms with E-state index >= 15 is 0 Å². The Bertz CT molecular complexity index is 869. The first kappa shape index (κ1) is 13.5. The summed E-state index contributed by atoms with van der Waals surface area (Å²) < 4.78 is 1.21. The summed E-state index contributed by atoms with van der Waals surface area (Å²) in [5.41, 5.74) is 1.76. The van der Waals surface area contributed by atoms with Crippen molar-refractivity contribution in [2.45, 2.75) is 6.92 Å². The number of hydrogen-bond donors (Lipinski definition) is 1. The van der Waals surface area contributed by atoms with Crippen molar-refractivity contribution < 1.29 is 0 Å². The van der Waals surface area contributed by atoms with Crippen LogP contribution in [0.15, 0.2) is 59.5 Å². The molecule has 0 amide bonds. The van der Waals surface area contributed by atoms with Gasteiger partial charge in [-0.25, -0.2) is 0 Å². The zero-order valence-corrected chi connectivity index (χ0v) is 12.2. The van der Waals surface area contributed by atoms with Gasteiger partial charge in [-0.15, -0.1) is 0 Å². The van der Waals surface area contributed by atoms with Crippen LogP contribution in [0.1, 0.15) is 5.56 Å². The predicted molar refractivity (Wildman–Crippen MR) is 88.8 cm³/mol. The molecular formula is C16H13N3OS. The fourth-order valence-corrected chi connectivity index (χ4v) is 2.30. The summed E-state index contributed by atoms with van der Waals surface area (Å²) >= 11 is 5.28. The fourth-order valence-electron chi connectivity index (χ4n) is 2.05. The Morgan fingerprint density at radius 1 is 1.14 bits per heavy atom. The van der Waals surface area contributed by atoms with Gasteiger partial charge in [-0.3, -0.25) is 4.79 Å². The summed E-state index contributed by atoms with van der Waals surface area (Å²) in [6, 6.07) is 15.1. The van der Waals surface area contributed by atoms with Crippen molar-refractivity contribution in [3.8, 4) is 0 Å². The standard InChI is InChI=1S/C16H13N3OS/c1-11-6-8-13(9-7-11)18-16(21)19-15(20)14-5-3-2-4-12(14)10-17-19/h2-10H,1H3,(H,18,21). The van der Waals surface area contributed by atoms with Gasteiger partial charge in [-0.1, -0.05) is 35.9 Å². The highest BCUT2D eigenvalue weighted by Gasteiger charge is 2.08. The van der Waals surface area contributed by atoms with Crippen molar-refractivity contribution in [2.24, 2.45) is 0 Å². The van der Waals surface area contributed by atoms with E-state index in [2.05, 4.69) is 10.4 Å². The molecule has 4 nitrogen and oxygen atoms in total. The number of rotatable bonds is 1. The van der Waals surface area contributed by atoms with Crippen LogP contribution in [0.3, 0.4) is 0 Å². The van der Waals surface area contributed by atoms with Gasteiger partial charge in [0.25, 0.3) is 5.56 Å². The Balaban J connectivity index is 1.96. The normalized spacial score (nSPS) is 10.5. The minimum absolute atomic E-state index is 0.224. The molecular weight excluding hydrogens is 282 g/mol. The van der Waals surface area contributed by atoms with Crippen LogP contribution in [-0.4, -0.2) is 14.9 Å². The van der Waals surface area contributed by atoms with E-state index in [-0.39, 0.29) is 10.7 Å². The average Bonchev–Trinajstić information content (AvgIpc) is 2.50. The largest absolute Gasteiger partial charge is 0.331 e. The second kappa shape index (κ2) is 5.46. The molecule has 104 valence electrons. The van der Waals surface area contributed by atoms with E-state index in [4.69, 9.17) is 12.2 Å². The number of aromatic nitrogens is 2. The Morgan fingerprint density at radius 3 is 2.62 bits per heavy atom. The molecule has 1 heterocycles. The molecule has 0 aliphatic heterocycles. The van der Waals surface area contributed by atoms with Gasteiger partial charge in [0.2, 0.25) is 5.11 Å². The van der Waals surface area contributed by atoms with Crippen LogP contribution >= 0.6 is 12.2 Å². The van der Waals surface area contributed by atoms with E-state index < -0.39 is 0 Å². The van der Waals surface area contributed by atoms with E-state index in [1.165, 1.54) is 4.68 Å². The van der Waals surface area contributed by atoms with Crippen LogP contribution in [0, 0.1) is 6.92 Å². The summed E-state index contributed by atoms with van der Waals surface area (Å²) in [4.78, 5) is 12.4. The van der Waals surface area contributed by atoms with Gasteiger partial charge < -0.3 is 5.32 Å². The van der Waals surface area contributed by atoms with Crippen molar-refractivity contribution in [3.63, 3.8) is 0 Å². The zero-order valence-electron chi connectivity index (χ0n) is 11.4. The Hall–Kier alpha value is -2.53. The lowest BCUT2D eigenvalue weighted by Gasteiger charge is -2.10. The van der Waals surface area contributed by atoms with Gasteiger partial charge in [0.15, 0.2) is 0 Å². The number of fused-ring (bicyclic) bond motifs is 1. The van der Waals surface area contributed by atoms with Crippen molar-refractivity contribution in [2.75, 3.05) is 5.32 Å². The minimum atomic E-state index is -0.224. The Labute approximate surface area is 127 Å². The number of nitrogens with zero attached hydrogens (tertiary/aromatic N) is 2. The lowest BCUT2D eigenvalue weighted by molar-refractivity contribution is 0.880. The third-order valence-electron chi connectivity index (χ3n) is 3.19. The predicted octanol–water partition coefficient (Wildman–Crippen LogP) is 2.95. The van der Waals surface area contributed by atoms with Crippen LogP contribution in [-0.2, 0) is 0 Å². The first-order valence-electron chi connectivity index (χ1n) is 6.50. The quantitative estimate of drug-likeness (QED) is 0.701. The second-order valence-corrected chi connectivity index (χ2v) is 5.13. The van der Waals surface area contributed by atoms with Crippen LogP contribution in [0.25, 0.3) is 10.8 Å². The van der Waals surface area contributed by atoms with E-state index in [0.717, 1.165) is 16.6 Å². The number of hydrogen-bond acceptors (Lipinski definition) is 3. The summed E-state index contributed by atoms with van der Waals surface area (Å²) in [6.07, 6.45) is 1.64. The van der Waals surface area contributed by atoms with Gasteiger partial charge in [0, 0.05) is 11.1 Å². The maximum absolute atomic E-state index is 12.4. The van der Waals surface area contributed by atoms with E-state index in [0.29, 0.717) is 5.39 Å². The molecule has 3 aromatic rings. The number of benzene rings is 2. The molecule has 2 aromatic carbocycles. The maximum atomic E-state index is 12.4. The molecule has 0 fully saturated rings. The topological polar surface area (TPSA) is 46.9 Å². The lowest BCUT2D eigenvalue weighted by atomic mass is 10.2. The highest BCUT2D eigenvalue weighted by atomic mass is 32.1. The molecule has 3 rings (SSSR count). The van der Waals surface area contributed by atoms with Crippen LogP contribution in [0.5, 0.6) is 0 Å². The van der Waals surface area contributed by atoms with Gasteiger partial charge in [0.1, 0.15) is 0 Å². The summed E-state index contributed by atoms with van der Waals surface area (Å²) in [5, 5.41) is 8.80. The first-order chi connectivity index (χ1) is 10.1. The SMILES string of the molecule is Cc1ccc(NC(=S)n2ncc3ccccc3c2=O)cc1. The monoisotopic (exact) mass is 295 g/mol. The van der Waals surface area contributed by atoms with Gasteiger partial charge in [0.05, 0.1) is 11.6 Å². The van der Waals surface area contributed by atoms with Crippen LogP contribution in [0.4, 0.5) is 5.69 Å². The molecule has 0 unspecified atom stereocenters. The highest BCUT2D eigenvalue weighted by molar-refractivity contribution is 7.80. The van der Waals surface area contributed by atoms with Gasteiger partial charge in [-0.05, 0) is 37.3 Å². The minimum Gasteiger partial charge on any atom is -0.331 e. The van der Waals surface area contributed by atoms with E-state index in [1.807, 2.05) is 49.4 Å². The van der Waals surface area contributed by atoms with Crippen LogP contribution < -0.4 is 10.9 Å². The van der Waals surface area contributed by atoms with Crippen molar-refractivity contribution >= 4 is 33.8 Å². The van der Waals surface area contributed by atoms with Gasteiger partial charge in [-0.2, -0.15) is 9.78 Å². The molecule has 0 aliphatic rings. The molecule has 5 heteroatoms. The Morgan fingerprint density at radius 2 is 1.86 bits per heavy atom. The van der Waals surface area contributed by atoms with Crippen molar-refractivity contribution in [1.82, 2.24) is 9.78 Å². The molecule has 0 saturated carbocycles. The second-order valence-electron chi connectivity index (χ2n) is 4.74.